The first-order chi connectivity index (χ1) is 8.70. The second-order valence-electron chi connectivity index (χ2n) is 4.60. The number of anilines is 1. The van der Waals surface area contributed by atoms with Gasteiger partial charge in [-0.05, 0) is 36.8 Å². The Bertz CT molecular complexity index is 399. The minimum absolute atomic E-state index is 0.512. The van der Waals surface area contributed by atoms with Crippen LogP contribution in [-0.4, -0.2) is 23.7 Å². The smallest absolute Gasteiger partial charge is 0.142 e. The van der Waals surface area contributed by atoms with Crippen LogP contribution in [0, 0.1) is 0 Å². The summed E-state index contributed by atoms with van der Waals surface area (Å²) >= 11 is 8.09. The Balaban J connectivity index is 2.11. The van der Waals surface area contributed by atoms with Gasteiger partial charge in [0.1, 0.15) is 5.75 Å². The molecule has 0 aromatic heterocycles. The Hall–Kier alpha value is -0.540. The normalized spacial score (nSPS) is 23.1. The second-order valence-corrected chi connectivity index (χ2v) is 6.53. The van der Waals surface area contributed by atoms with Gasteiger partial charge in [-0.25, -0.2) is 0 Å². The minimum atomic E-state index is 0.512. The number of hydrogen-bond acceptors (Lipinski definition) is 3. The molecule has 0 amide bonds. The summed E-state index contributed by atoms with van der Waals surface area (Å²) in [5, 5.41) is 4.97. The fourth-order valence-corrected chi connectivity index (χ4v) is 3.44. The summed E-state index contributed by atoms with van der Waals surface area (Å²) in [7, 11) is 0. The molecule has 0 spiro atoms. The summed E-state index contributed by atoms with van der Waals surface area (Å²) in [6.45, 7) is 5.12. The largest absolute Gasteiger partial charge is 0.491 e. The zero-order valence-corrected chi connectivity index (χ0v) is 12.5. The van der Waals surface area contributed by atoms with E-state index in [0.29, 0.717) is 11.3 Å². The molecule has 1 aromatic carbocycles. The van der Waals surface area contributed by atoms with Crippen molar-refractivity contribution >= 4 is 29.1 Å². The average molecular weight is 286 g/mol. The molecule has 1 aliphatic heterocycles. The van der Waals surface area contributed by atoms with Gasteiger partial charge in [-0.1, -0.05) is 25.4 Å². The lowest BCUT2D eigenvalue weighted by Crippen LogP contribution is -2.25. The maximum atomic E-state index is 6.07. The fraction of sp³-hybridized carbons (Fsp3) is 0.571. The first kappa shape index (κ1) is 13.9. The van der Waals surface area contributed by atoms with Gasteiger partial charge in [-0.3, -0.25) is 0 Å². The van der Waals surface area contributed by atoms with E-state index < -0.39 is 0 Å². The van der Waals surface area contributed by atoms with E-state index in [1.807, 2.05) is 30.0 Å². The highest BCUT2D eigenvalue weighted by molar-refractivity contribution is 8.00. The van der Waals surface area contributed by atoms with Crippen molar-refractivity contribution in [1.82, 2.24) is 0 Å². The SMILES string of the molecule is CCCOc1ccc(Cl)cc1NC1CCSC1C. The number of rotatable bonds is 5. The van der Waals surface area contributed by atoms with Crippen molar-refractivity contribution in [1.29, 1.82) is 0 Å². The highest BCUT2D eigenvalue weighted by atomic mass is 35.5. The Morgan fingerprint density at radius 2 is 2.33 bits per heavy atom. The summed E-state index contributed by atoms with van der Waals surface area (Å²) in [5.41, 5.74) is 1.02. The molecule has 0 bridgehead atoms. The van der Waals surface area contributed by atoms with E-state index in [2.05, 4.69) is 19.2 Å². The van der Waals surface area contributed by atoms with Gasteiger partial charge in [-0.15, -0.1) is 0 Å². The van der Waals surface area contributed by atoms with Gasteiger partial charge >= 0.3 is 0 Å². The van der Waals surface area contributed by atoms with E-state index in [1.54, 1.807) is 0 Å². The van der Waals surface area contributed by atoms with Crippen LogP contribution in [0.2, 0.25) is 5.02 Å². The zero-order valence-electron chi connectivity index (χ0n) is 10.9. The van der Waals surface area contributed by atoms with Crippen LogP contribution in [0.15, 0.2) is 18.2 Å². The van der Waals surface area contributed by atoms with Crippen LogP contribution in [0.5, 0.6) is 5.75 Å². The van der Waals surface area contributed by atoms with Gasteiger partial charge in [0, 0.05) is 16.3 Å². The molecule has 0 aliphatic carbocycles. The average Bonchev–Trinajstić information content (AvgIpc) is 2.74. The molecule has 2 atom stereocenters. The third-order valence-corrected chi connectivity index (χ3v) is 4.68. The van der Waals surface area contributed by atoms with Crippen LogP contribution >= 0.6 is 23.4 Å². The molecule has 1 fully saturated rings. The number of halogens is 1. The van der Waals surface area contributed by atoms with E-state index in [0.717, 1.165) is 29.5 Å². The third-order valence-electron chi connectivity index (χ3n) is 3.12. The Labute approximate surface area is 118 Å². The van der Waals surface area contributed by atoms with E-state index >= 15 is 0 Å². The van der Waals surface area contributed by atoms with E-state index in [-0.39, 0.29) is 0 Å². The van der Waals surface area contributed by atoms with Crippen molar-refractivity contribution in [2.45, 2.75) is 38.0 Å². The van der Waals surface area contributed by atoms with Gasteiger partial charge in [0.2, 0.25) is 0 Å². The molecule has 2 nitrogen and oxygen atoms in total. The van der Waals surface area contributed by atoms with Gasteiger partial charge in [0.05, 0.1) is 12.3 Å². The topological polar surface area (TPSA) is 21.3 Å². The highest BCUT2D eigenvalue weighted by Crippen LogP contribution is 2.33. The molecule has 0 radical (unpaired) electrons. The van der Waals surface area contributed by atoms with Crippen LogP contribution in [-0.2, 0) is 0 Å². The minimum Gasteiger partial charge on any atom is -0.491 e. The summed E-state index contributed by atoms with van der Waals surface area (Å²) in [6, 6.07) is 6.30. The van der Waals surface area contributed by atoms with Gasteiger partial charge in [-0.2, -0.15) is 11.8 Å². The van der Waals surface area contributed by atoms with Crippen LogP contribution in [0.3, 0.4) is 0 Å². The maximum absolute atomic E-state index is 6.07. The molecule has 1 heterocycles. The number of thioether (sulfide) groups is 1. The van der Waals surface area contributed by atoms with E-state index in [4.69, 9.17) is 16.3 Å². The van der Waals surface area contributed by atoms with Crippen LogP contribution in [0.1, 0.15) is 26.7 Å². The Morgan fingerprint density at radius 1 is 1.50 bits per heavy atom. The maximum Gasteiger partial charge on any atom is 0.142 e. The zero-order chi connectivity index (χ0) is 13.0. The molecule has 2 rings (SSSR count). The molecule has 4 heteroatoms. The molecule has 1 saturated heterocycles. The van der Waals surface area contributed by atoms with Crippen molar-refractivity contribution in [2.24, 2.45) is 0 Å². The molecule has 2 unspecified atom stereocenters. The molecule has 18 heavy (non-hydrogen) atoms. The molecule has 100 valence electrons. The fourth-order valence-electron chi connectivity index (χ4n) is 2.07. The molecule has 1 aliphatic rings. The summed E-state index contributed by atoms with van der Waals surface area (Å²) in [4.78, 5) is 0. The van der Waals surface area contributed by atoms with Gasteiger partial charge < -0.3 is 10.1 Å². The third kappa shape index (κ3) is 3.48. The number of hydrogen-bond donors (Lipinski definition) is 1. The van der Waals surface area contributed by atoms with E-state index in [9.17, 15) is 0 Å². The van der Waals surface area contributed by atoms with Crippen LogP contribution in [0.4, 0.5) is 5.69 Å². The van der Waals surface area contributed by atoms with Gasteiger partial charge in [0.25, 0.3) is 0 Å². The van der Waals surface area contributed by atoms with Crippen molar-refractivity contribution in [3.8, 4) is 5.75 Å². The monoisotopic (exact) mass is 285 g/mol. The number of nitrogens with one attached hydrogen (secondary N) is 1. The first-order valence-electron chi connectivity index (χ1n) is 6.51. The summed E-state index contributed by atoms with van der Waals surface area (Å²) < 4.78 is 5.76. The Kier molecular flexibility index (Phi) is 5.07. The predicted molar refractivity (Wildman–Crippen MR) is 81.2 cm³/mol. The van der Waals surface area contributed by atoms with E-state index in [1.165, 1.54) is 12.2 Å². The number of benzene rings is 1. The van der Waals surface area contributed by atoms with Crippen LogP contribution < -0.4 is 10.1 Å². The summed E-state index contributed by atoms with van der Waals surface area (Å²) in [5.74, 6) is 2.13. The first-order valence-corrected chi connectivity index (χ1v) is 7.94. The lowest BCUT2D eigenvalue weighted by atomic mass is 10.1. The molecule has 0 saturated carbocycles. The van der Waals surface area contributed by atoms with Gasteiger partial charge in [0.15, 0.2) is 0 Å². The van der Waals surface area contributed by atoms with Crippen molar-refractivity contribution in [2.75, 3.05) is 17.7 Å². The molecule has 1 N–H and O–H groups in total. The second kappa shape index (κ2) is 6.58. The van der Waals surface area contributed by atoms with Crippen molar-refractivity contribution in [3.05, 3.63) is 23.2 Å². The van der Waals surface area contributed by atoms with Crippen LogP contribution in [0.25, 0.3) is 0 Å². The summed E-state index contributed by atoms with van der Waals surface area (Å²) in [6.07, 6.45) is 2.21. The standard InChI is InChI=1S/C14H20ClNOS/c1-3-7-17-14-5-4-11(15)9-13(14)16-12-6-8-18-10(12)2/h4-5,9-10,12,16H,3,6-8H2,1-2H3. The quantitative estimate of drug-likeness (QED) is 0.864. The number of ether oxygens (including phenoxy) is 1. The molecule has 1 aromatic rings. The molecular formula is C14H20ClNOS. The molecular weight excluding hydrogens is 266 g/mol. The van der Waals surface area contributed by atoms with Crippen molar-refractivity contribution in [3.63, 3.8) is 0 Å². The highest BCUT2D eigenvalue weighted by Gasteiger charge is 2.24. The van der Waals surface area contributed by atoms with Crippen molar-refractivity contribution < 1.29 is 4.74 Å². The Morgan fingerprint density at radius 3 is 3.00 bits per heavy atom. The lowest BCUT2D eigenvalue weighted by Gasteiger charge is -2.20. The lowest BCUT2D eigenvalue weighted by molar-refractivity contribution is 0.318. The predicted octanol–water partition coefficient (Wildman–Crippen LogP) is 4.43.